The summed E-state index contributed by atoms with van der Waals surface area (Å²) in [6, 6.07) is 14.5. The molecule has 6 heteroatoms. The minimum Gasteiger partial charge on any atom is -0.452 e. The molecule has 0 bridgehead atoms. The van der Waals surface area contributed by atoms with E-state index in [0.29, 0.717) is 18.7 Å². The van der Waals surface area contributed by atoms with Crippen molar-refractivity contribution in [3.05, 3.63) is 65.2 Å². The molecule has 0 spiro atoms. The number of carbonyl (C=O) groups excluding carboxylic acids is 3. The van der Waals surface area contributed by atoms with Crippen molar-refractivity contribution in [2.75, 3.05) is 18.1 Å². The van der Waals surface area contributed by atoms with E-state index >= 15 is 0 Å². The number of amides is 2. The molecule has 2 amide bonds. The normalized spacial score (nSPS) is 12.9. The number of nitrogens with zero attached hydrogens (tertiary/aromatic N) is 1. The molecule has 1 aliphatic rings. The summed E-state index contributed by atoms with van der Waals surface area (Å²) in [5, 5.41) is 2.69. The maximum atomic E-state index is 12.5. The van der Waals surface area contributed by atoms with E-state index in [0.717, 1.165) is 29.7 Å². The number of nitrogens with one attached hydrogen (secondary N) is 1. The van der Waals surface area contributed by atoms with Gasteiger partial charge in [-0.15, -0.1) is 0 Å². The Kier molecular flexibility index (Phi) is 5.86. The van der Waals surface area contributed by atoms with E-state index < -0.39 is 5.97 Å². The Hall–Kier alpha value is -3.15. The predicted molar refractivity (Wildman–Crippen MR) is 101 cm³/mol. The monoisotopic (exact) mass is 366 g/mol. The zero-order chi connectivity index (χ0) is 19.2. The average molecular weight is 366 g/mol. The number of ether oxygens (including phenoxy) is 1. The molecule has 0 unspecified atom stereocenters. The van der Waals surface area contributed by atoms with Crippen molar-refractivity contribution in [3.8, 4) is 0 Å². The lowest BCUT2D eigenvalue weighted by atomic mass is 10.0. The fourth-order valence-electron chi connectivity index (χ4n) is 3.07. The zero-order valence-corrected chi connectivity index (χ0v) is 15.2. The molecule has 0 fully saturated rings. The third-order valence-electron chi connectivity index (χ3n) is 4.47. The lowest BCUT2D eigenvalue weighted by molar-refractivity contribution is -0.121. The van der Waals surface area contributed by atoms with Gasteiger partial charge in [0.15, 0.2) is 6.61 Å². The van der Waals surface area contributed by atoms with Crippen LogP contribution in [-0.2, 0) is 27.3 Å². The van der Waals surface area contributed by atoms with Crippen LogP contribution in [0.25, 0.3) is 0 Å². The molecule has 0 saturated heterocycles. The summed E-state index contributed by atoms with van der Waals surface area (Å²) in [6.07, 6.45) is 1.84. The Morgan fingerprint density at radius 3 is 2.56 bits per heavy atom. The van der Waals surface area contributed by atoms with Gasteiger partial charge in [-0.3, -0.25) is 9.59 Å². The fourth-order valence-corrected chi connectivity index (χ4v) is 3.07. The lowest BCUT2D eigenvalue weighted by Crippen LogP contribution is -2.38. The van der Waals surface area contributed by atoms with Gasteiger partial charge < -0.3 is 15.0 Å². The summed E-state index contributed by atoms with van der Waals surface area (Å²) in [7, 11) is 0. The summed E-state index contributed by atoms with van der Waals surface area (Å²) >= 11 is 0. The molecule has 140 valence electrons. The summed E-state index contributed by atoms with van der Waals surface area (Å²) < 4.78 is 5.20. The first-order valence-corrected chi connectivity index (χ1v) is 8.93. The van der Waals surface area contributed by atoms with Gasteiger partial charge in [0.05, 0.1) is 5.56 Å². The number of hydrogen-bond donors (Lipinski definition) is 1. The predicted octanol–water partition coefficient (Wildman–Crippen LogP) is 2.46. The van der Waals surface area contributed by atoms with Crippen molar-refractivity contribution in [3.63, 3.8) is 0 Å². The fraction of sp³-hybridized carbons (Fsp3) is 0.286. The highest BCUT2D eigenvalue weighted by Gasteiger charge is 2.23. The van der Waals surface area contributed by atoms with Gasteiger partial charge in [-0.25, -0.2) is 4.79 Å². The van der Waals surface area contributed by atoms with E-state index in [-0.39, 0.29) is 18.4 Å². The number of carbonyl (C=O) groups is 3. The van der Waals surface area contributed by atoms with Gasteiger partial charge in [-0.2, -0.15) is 0 Å². The lowest BCUT2D eigenvalue weighted by Gasteiger charge is -2.29. The molecular weight excluding hydrogens is 344 g/mol. The number of anilines is 1. The number of hydrogen-bond acceptors (Lipinski definition) is 4. The van der Waals surface area contributed by atoms with Gasteiger partial charge in [0.1, 0.15) is 0 Å². The first kappa shape index (κ1) is 18.6. The van der Waals surface area contributed by atoms with Gasteiger partial charge >= 0.3 is 5.97 Å². The van der Waals surface area contributed by atoms with Gasteiger partial charge in [0.2, 0.25) is 5.91 Å². The Morgan fingerprint density at radius 2 is 1.81 bits per heavy atom. The van der Waals surface area contributed by atoms with Crippen LogP contribution in [0, 0.1) is 0 Å². The smallest absolute Gasteiger partial charge is 0.338 e. The molecule has 0 saturated carbocycles. The van der Waals surface area contributed by atoms with Crippen molar-refractivity contribution < 1.29 is 19.1 Å². The molecule has 3 rings (SSSR count). The van der Waals surface area contributed by atoms with Crippen LogP contribution in [0.15, 0.2) is 48.5 Å². The highest BCUT2D eigenvalue weighted by Crippen LogP contribution is 2.26. The SMILES string of the molecule is CC(=O)NCc1ccc(C(=O)OCC(=O)N2CCCc3ccccc32)cc1. The number of benzene rings is 2. The molecule has 27 heavy (non-hydrogen) atoms. The Bertz CT molecular complexity index is 846. The van der Waals surface area contributed by atoms with Crippen LogP contribution in [-0.4, -0.2) is 30.9 Å². The first-order chi connectivity index (χ1) is 13.0. The van der Waals surface area contributed by atoms with Crippen molar-refractivity contribution in [2.45, 2.75) is 26.3 Å². The summed E-state index contributed by atoms with van der Waals surface area (Å²) in [5.74, 6) is -0.881. The number of para-hydroxylation sites is 1. The van der Waals surface area contributed by atoms with Crippen molar-refractivity contribution >= 4 is 23.5 Å². The molecule has 0 radical (unpaired) electrons. The zero-order valence-electron chi connectivity index (χ0n) is 15.2. The molecule has 0 aromatic heterocycles. The van der Waals surface area contributed by atoms with E-state index in [9.17, 15) is 14.4 Å². The van der Waals surface area contributed by atoms with Gasteiger partial charge in [0.25, 0.3) is 5.91 Å². The van der Waals surface area contributed by atoms with Gasteiger partial charge in [-0.1, -0.05) is 30.3 Å². The Labute approximate surface area is 158 Å². The quantitative estimate of drug-likeness (QED) is 0.825. The minimum absolute atomic E-state index is 0.115. The Balaban J connectivity index is 1.56. The number of esters is 1. The van der Waals surface area contributed by atoms with Crippen LogP contribution in [0.5, 0.6) is 0 Å². The number of rotatable bonds is 5. The van der Waals surface area contributed by atoms with Gasteiger partial charge in [-0.05, 0) is 42.2 Å². The highest BCUT2D eigenvalue weighted by molar-refractivity contribution is 5.98. The van der Waals surface area contributed by atoms with Crippen molar-refractivity contribution in [1.29, 1.82) is 0 Å². The summed E-state index contributed by atoms with van der Waals surface area (Å²) in [6.45, 7) is 2.19. The van der Waals surface area contributed by atoms with E-state index in [1.807, 2.05) is 24.3 Å². The molecule has 2 aromatic rings. The molecule has 1 aliphatic heterocycles. The topological polar surface area (TPSA) is 75.7 Å². The van der Waals surface area contributed by atoms with Crippen LogP contribution in [0.2, 0.25) is 0 Å². The van der Waals surface area contributed by atoms with Gasteiger partial charge in [0, 0.05) is 25.7 Å². The largest absolute Gasteiger partial charge is 0.452 e. The van der Waals surface area contributed by atoms with Crippen LogP contribution in [0.1, 0.15) is 34.8 Å². The highest BCUT2D eigenvalue weighted by atomic mass is 16.5. The number of fused-ring (bicyclic) bond motifs is 1. The second-order valence-corrected chi connectivity index (χ2v) is 6.46. The van der Waals surface area contributed by atoms with Crippen LogP contribution >= 0.6 is 0 Å². The molecular formula is C21H22N2O4. The molecule has 1 N–H and O–H groups in total. The molecule has 0 atom stereocenters. The number of aryl methyl sites for hydroxylation is 1. The third-order valence-corrected chi connectivity index (χ3v) is 4.47. The average Bonchev–Trinajstić information content (AvgIpc) is 2.70. The third kappa shape index (κ3) is 4.73. The molecule has 1 heterocycles. The summed E-state index contributed by atoms with van der Waals surface area (Å²) in [4.78, 5) is 37.3. The van der Waals surface area contributed by atoms with Crippen molar-refractivity contribution in [1.82, 2.24) is 5.32 Å². The molecule has 0 aliphatic carbocycles. The maximum Gasteiger partial charge on any atom is 0.338 e. The van der Waals surface area contributed by atoms with Crippen LogP contribution in [0.4, 0.5) is 5.69 Å². The second kappa shape index (κ2) is 8.49. The van der Waals surface area contributed by atoms with Crippen LogP contribution in [0.3, 0.4) is 0 Å². The van der Waals surface area contributed by atoms with Crippen molar-refractivity contribution in [2.24, 2.45) is 0 Å². The molecule has 2 aromatic carbocycles. The van der Waals surface area contributed by atoms with E-state index in [2.05, 4.69) is 5.32 Å². The van der Waals surface area contributed by atoms with E-state index in [1.165, 1.54) is 6.92 Å². The van der Waals surface area contributed by atoms with E-state index in [4.69, 9.17) is 4.74 Å². The minimum atomic E-state index is -0.542. The summed E-state index contributed by atoms with van der Waals surface area (Å²) in [5.41, 5.74) is 3.28. The maximum absolute atomic E-state index is 12.5. The standard InChI is InChI=1S/C21H22N2O4/c1-15(24)22-13-16-8-10-18(11-9-16)21(26)27-14-20(25)23-12-4-6-17-5-2-3-7-19(17)23/h2-3,5,7-11H,4,6,12-14H2,1H3,(H,22,24). The van der Waals surface area contributed by atoms with Crippen LogP contribution < -0.4 is 10.2 Å². The second-order valence-electron chi connectivity index (χ2n) is 6.46. The molecule has 6 nitrogen and oxygen atoms in total. The Morgan fingerprint density at radius 1 is 1.07 bits per heavy atom. The first-order valence-electron chi connectivity index (χ1n) is 8.93. The van der Waals surface area contributed by atoms with E-state index in [1.54, 1.807) is 29.2 Å².